The molecule has 1 aromatic rings. The average molecular weight is 218 g/mol. The van der Waals surface area contributed by atoms with Gasteiger partial charge in [0.25, 0.3) is 0 Å². The summed E-state index contributed by atoms with van der Waals surface area (Å²) in [6, 6.07) is 1.66. The maximum absolute atomic E-state index is 11.3. The Hall–Kier alpha value is -1.08. The fraction of sp³-hybridized carbons (Fsp3) is 0.571. The first-order valence-corrected chi connectivity index (χ1v) is 5.81. The van der Waals surface area contributed by atoms with Crippen molar-refractivity contribution in [2.75, 3.05) is 17.0 Å². The van der Waals surface area contributed by atoms with Gasteiger partial charge >= 0.3 is 0 Å². The van der Waals surface area contributed by atoms with Crippen molar-refractivity contribution in [2.24, 2.45) is 12.8 Å². The molecule has 0 radical (unpaired) electrons. The lowest BCUT2D eigenvalue weighted by Gasteiger charge is -2.02. The van der Waals surface area contributed by atoms with Crippen LogP contribution in [0, 0.1) is 6.92 Å². The summed E-state index contributed by atoms with van der Waals surface area (Å²) < 4.78 is 26.5. The zero-order valence-corrected chi connectivity index (χ0v) is 9.00. The van der Waals surface area contributed by atoms with E-state index in [1.165, 1.54) is 0 Å². The van der Waals surface area contributed by atoms with E-state index in [1.54, 1.807) is 17.8 Å². The van der Waals surface area contributed by atoms with Crippen LogP contribution in [-0.2, 0) is 17.1 Å². The Labute approximate surface area is 83.1 Å². The maximum atomic E-state index is 11.3. The average Bonchev–Trinajstić information content (AvgIpc) is 2.29. The van der Waals surface area contributed by atoms with E-state index in [1.807, 2.05) is 6.92 Å². The molecule has 80 valence electrons. The molecule has 0 aliphatic carbocycles. The number of aromatic nitrogens is 2. The van der Waals surface area contributed by atoms with Gasteiger partial charge in [0.2, 0.25) is 10.0 Å². The van der Waals surface area contributed by atoms with E-state index in [4.69, 9.17) is 5.73 Å². The second kappa shape index (κ2) is 3.97. The highest BCUT2D eigenvalue weighted by Crippen LogP contribution is 2.08. The number of anilines is 1. The predicted octanol–water partition coefficient (Wildman–Crippen LogP) is -0.571. The van der Waals surface area contributed by atoms with Gasteiger partial charge in [-0.25, -0.2) is 8.42 Å². The molecule has 0 spiro atoms. The van der Waals surface area contributed by atoms with E-state index in [-0.39, 0.29) is 12.3 Å². The first-order chi connectivity index (χ1) is 6.44. The van der Waals surface area contributed by atoms with Gasteiger partial charge in [0.1, 0.15) is 0 Å². The molecule has 0 saturated heterocycles. The van der Waals surface area contributed by atoms with Crippen LogP contribution >= 0.6 is 0 Å². The Morgan fingerprint density at radius 2 is 2.29 bits per heavy atom. The Morgan fingerprint density at radius 3 is 2.71 bits per heavy atom. The third kappa shape index (κ3) is 2.71. The number of rotatable bonds is 4. The third-order valence-corrected chi connectivity index (χ3v) is 3.05. The van der Waals surface area contributed by atoms with Gasteiger partial charge in [-0.05, 0) is 6.92 Å². The van der Waals surface area contributed by atoms with Crippen molar-refractivity contribution in [1.82, 2.24) is 9.78 Å². The van der Waals surface area contributed by atoms with E-state index in [9.17, 15) is 8.42 Å². The molecule has 0 aliphatic rings. The highest BCUT2D eigenvalue weighted by atomic mass is 32.2. The van der Waals surface area contributed by atoms with Gasteiger partial charge in [0.15, 0.2) is 5.82 Å². The van der Waals surface area contributed by atoms with Crippen LogP contribution in [0.4, 0.5) is 5.82 Å². The molecule has 1 aromatic heterocycles. The number of nitrogens with one attached hydrogen (secondary N) is 1. The summed E-state index contributed by atoms with van der Waals surface area (Å²) in [5.74, 6) is 0.237. The molecular formula is C7H14N4O2S. The summed E-state index contributed by atoms with van der Waals surface area (Å²) >= 11 is 0. The molecule has 0 fully saturated rings. The van der Waals surface area contributed by atoms with Gasteiger partial charge in [-0.2, -0.15) is 5.10 Å². The number of hydrogen-bond acceptors (Lipinski definition) is 4. The van der Waals surface area contributed by atoms with Crippen LogP contribution in [0.5, 0.6) is 0 Å². The van der Waals surface area contributed by atoms with Crippen LogP contribution in [0.25, 0.3) is 0 Å². The van der Waals surface area contributed by atoms with E-state index in [0.717, 1.165) is 5.69 Å². The van der Waals surface area contributed by atoms with Crippen LogP contribution in [0.15, 0.2) is 6.07 Å². The lowest BCUT2D eigenvalue weighted by Crippen LogP contribution is -2.22. The Morgan fingerprint density at radius 1 is 1.64 bits per heavy atom. The molecule has 0 aliphatic heterocycles. The Bertz CT molecular complexity index is 390. The highest BCUT2D eigenvalue weighted by molar-refractivity contribution is 7.92. The molecule has 0 unspecified atom stereocenters. The standard InChI is InChI=1S/C7H14N4O2S/c1-6-5-7(9-11(6)2)10-14(12,13)4-3-8/h5H,3-4,8H2,1-2H3,(H,9,10). The minimum Gasteiger partial charge on any atom is -0.329 e. The molecule has 7 heteroatoms. The van der Waals surface area contributed by atoms with Crippen molar-refractivity contribution in [1.29, 1.82) is 0 Å². The van der Waals surface area contributed by atoms with Crippen LogP contribution in [0.3, 0.4) is 0 Å². The topological polar surface area (TPSA) is 90.0 Å². The third-order valence-electron chi connectivity index (χ3n) is 1.76. The van der Waals surface area contributed by atoms with Crippen LogP contribution in [0.2, 0.25) is 0 Å². The minimum absolute atomic E-state index is 0.0946. The second-order valence-corrected chi connectivity index (χ2v) is 4.85. The molecule has 0 aromatic carbocycles. The largest absolute Gasteiger partial charge is 0.329 e. The molecule has 6 nitrogen and oxygen atoms in total. The van der Waals surface area contributed by atoms with Crippen molar-refractivity contribution < 1.29 is 8.42 Å². The van der Waals surface area contributed by atoms with Gasteiger partial charge in [-0.3, -0.25) is 9.40 Å². The highest BCUT2D eigenvalue weighted by Gasteiger charge is 2.11. The summed E-state index contributed by atoms with van der Waals surface area (Å²) in [5, 5.41) is 3.96. The number of nitrogens with zero attached hydrogens (tertiary/aromatic N) is 2. The van der Waals surface area contributed by atoms with Crippen LogP contribution in [-0.4, -0.2) is 30.5 Å². The molecule has 0 bridgehead atoms. The molecule has 3 N–H and O–H groups in total. The lowest BCUT2D eigenvalue weighted by atomic mass is 10.5. The minimum atomic E-state index is -3.34. The second-order valence-electron chi connectivity index (χ2n) is 3.00. The van der Waals surface area contributed by atoms with Crippen molar-refractivity contribution in [3.8, 4) is 0 Å². The van der Waals surface area contributed by atoms with Crippen molar-refractivity contribution in [3.05, 3.63) is 11.8 Å². The van der Waals surface area contributed by atoms with Gasteiger partial charge in [-0.15, -0.1) is 0 Å². The van der Waals surface area contributed by atoms with Gasteiger partial charge in [-0.1, -0.05) is 0 Å². The maximum Gasteiger partial charge on any atom is 0.235 e. The summed E-state index contributed by atoms with van der Waals surface area (Å²) in [6.07, 6.45) is 0. The zero-order chi connectivity index (χ0) is 10.8. The number of sulfonamides is 1. The number of hydrogen-bond donors (Lipinski definition) is 2. The SMILES string of the molecule is Cc1cc(NS(=O)(=O)CCN)nn1C. The molecule has 0 saturated carbocycles. The predicted molar refractivity (Wildman–Crippen MR) is 54.4 cm³/mol. The normalized spacial score (nSPS) is 11.6. The zero-order valence-electron chi connectivity index (χ0n) is 8.19. The smallest absolute Gasteiger partial charge is 0.235 e. The van der Waals surface area contributed by atoms with E-state index < -0.39 is 10.0 Å². The first-order valence-electron chi connectivity index (χ1n) is 4.16. The monoisotopic (exact) mass is 218 g/mol. The van der Waals surface area contributed by atoms with E-state index in [2.05, 4.69) is 9.82 Å². The number of nitrogens with two attached hydrogens (primary N) is 1. The van der Waals surface area contributed by atoms with Gasteiger partial charge < -0.3 is 5.73 Å². The van der Waals surface area contributed by atoms with Crippen molar-refractivity contribution in [3.63, 3.8) is 0 Å². The van der Waals surface area contributed by atoms with Crippen molar-refractivity contribution >= 4 is 15.8 Å². The molecule has 1 heterocycles. The molecule has 1 rings (SSSR count). The Kier molecular flexibility index (Phi) is 3.12. The van der Waals surface area contributed by atoms with Crippen LogP contribution in [0.1, 0.15) is 5.69 Å². The fourth-order valence-electron chi connectivity index (χ4n) is 0.976. The summed E-state index contributed by atoms with van der Waals surface area (Å²) in [6.45, 7) is 1.94. The molecular weight excluding hydrogens is 204 g/mol. The van der Waals surface area contributed by atoms with Gasteiger partial charge in [0, 0.05) is 25.4 Å². The first kappa shape index (κ1) is 11.0. The van der Waals surface area contributed by atoms with Gasteiger partial charge in [0.05, 0.1) is 5.75 Å². The molecule has 0 amide bonds. The summed E-state index contributed by atoms with van der Waals surface area (Å²) in [5.41, 5.74) is 6.04. The fourth-order valence-corrected chi connectivity index (χ4v) is 1.81. The Balaban J connectivity index is 2.79. The summed E-state index contributed by atoms with van der Waals surface area (Å²) in [7, 11) is -1.59. The lowest BCUT2D eigenvalue weighted by molar-refractivity contribution is 0.600. The molecule has 14 heavy (non-hydrogen) atoms. The van der Waals surface area contributed by atoms with Crippen LogP contribution < -0.4 is 10.5 Å². The van der Waals surface area contributed by atoms with E-state index >= 15 is 0 Å². The quantitative estimate of drug-likeness (QED) is 0.708. The number of aryl methyl sites for hydroxylation is 2. The van der Waals surface area contributed by atoms with Crippen molar-refractivity contribution in [2.45, 2.75) is 6.92 Å². The molecule has 0 atom stereocenters. The van der Waals surface area contributed by atoms with E-state index in [0.29, 0.717) is 5.82 Å². The summed E-state index contributed by atoms with van der Waals surface area (Å²) in [4.78, 5) is 0.